The molecule has 2 aromatic rings. The zero-order valence-corrected chi connectivity index (χ0v) is 10.4. The van der Waals surface area contributed by atoms with E-state index in [0.717, 1.165) is 5.01 Å². The summed E-state index contributed by atoms with van der Waals surface area (Å²) in [7, 11) is 0. The molecule has 1 aromatic heterocycles. The summed E-state index contributed by atoms with van der Waals surface area (Å²) in [6.07, 6.45) is 2.21. The number of benzene rings is 1. The molecular formula is C11H11ClFN3S. The lowest BCUT2D eigenvalue weighted by Crippen LogP contribution is -2.30. The third-order valence-corrected chi connectivity index (χ3v) is 3.54. The summed E-state index contributed by atoms with van der Waals surface area (Å²) < 4.78 is 13.7. The van der Waals surface area contributed by atoms with Gasteiger partial charge in [0.15, 0.2) is 0 Å². The third-order valence-electron chi connectivity index (χ3n) is 2.41. The molecule has 1 unspecified atom stereocenters. The van der Waals surface area contributed by atoms with E-state index in [1.807, 2.05) is 5.38 Å². The summed E-state index contributed by atoms with van der Waals surface area (Å²) in [6, 6.07) is 4.20. The van der Waals surface area contributed by atoms with Crippen LogP contribution in [0.3, 0.4) is 0 Å². The molecule has 3 nitrogen and oxygen atoms in total. The zero-order valence-electron chi connectivity index (χ0n) is 8.86. The van der Waals surface area contributed by atoms with Crippen LogP contribution in [0, 0.1) is 5.82 Å². The van der Waals surface area contributed by atoms with Crippen LogP contribution in [0.2, 0.25) is 5.02 Å². The number of hydrogen-bond acceptors (Lipinski definition) is 4. The van der Waals surface area contributed by atoms with Crippen molar-refractivity contribution in [1.29, 1.82) is 0 Å². The highest BCUT2D eigenvalue weighted by molar-refractivity contribution is 7.09. The Morgan fingerprint density at radius 1 is 1.53 bits per heavy atom. The van der Waals surface area contributed by atoms with Crippen LogP contribution in [0.15, 0.2) is 29.8 Å². The number of nitrogens with zero attached hydrogens (tertiary/aromatic N) is 1. The van der Waals surface area contributed by atoms with Crippen molar-refractivity contribution >= 4 is 22.9 Å². The number of hydrogen-bond donors (Lipinski definition) is 2. The summed E-state index contributed by atoms with van der Waals surface area (Å²) >= 11 is 7.49. The minimum absolute atomic E-state index is 0.364. The fourth-order valence-electron chi connectivity index (χ4n) is 1.62. The molecule has 0 saturated carbocycles. The molecule has 0 aliphatic rings. The first kappa shape index (κ1) is 12.4. The standard InChI is InChI=1S/C11H11ClFN3S/c12-7-2-1-3-8(13)11(7)9(16-14)6-10-15-4-5-17-10/h1-5,9,16H,6,14H2. The fraction of sp³-hybridized carbons (Fsp3) is 0.182. The van der Waals surface area contributed by atoms with Gasteiger partial charge in [-0.1, -0.05) is 17.7 Å². The van der Waals surface area contributed by atoms with Crippen LogP contribution in [0.4, 0.5) is 4.39 Å². The van der Waals surface area contributed by atoms with Gasteiger partial charge in [-0.15, -0.1) is 11.3 Å². The normalized spacial score (nSPS) is 12.6. The van der Waals surface area contributed by atoms with Gasteiger partial charge in [0.05, 0.1) is 11.0 Å². The maximum atomic E-state index is 13.7. The van der Waals surface area contributed by atoms with E-state index >= 15 is 0 Å². The van der Waals surface area contributed by atoms with Gasteiger partial charge in [0.25, 0.3) is 0 Å². The van der Waals surface area contributed by atoms with Gasteiger partial charge in [-0.2, -0.15) is 0 Å². The number of nitrogens with two attached hydrogens (primary N) is 1. The molecule has 6 heteroatoms. The highest BCUT2D eigenvalue weighted by Crippen LogP contribution is 2.28. The average Bonchev–Trinajstić information content (AvgIpc) is 2.80. The number of halogens is 2. The number of thiazole rings is 1. The molecule has 1 heterocycles. The molecule has 1 aromatic carbocycles. The summed E-state index contributed by atoms with van der Waals surface area (Å²) in [5.74, 6) is 5.10. The molecule has 0 radical (unpaired) electrons. The van der Waals surface area contributed by atoms with Gasteiger partial charge in [-0.3, -0.25) is 11.3 Å². The first-order valence-electron chi connectivity index (χ1n) is 5.00. The Labute approximate surface area is 107 Å². The van der Waals surface area contributed by atoms with Crippen LogP contribution in [-0.4, -0.2) is 4.98 Å². The number of nitrogens with one attached hydrogen (secondary N) is 1. The van der Waals surface area contributed by atoms with Gasteiger partial charge in [-0.05, 0) is 12.1 Å². The van der Waals surface area contributed by atoms with E-state index in [2.05, 4.69) is 10.4 Å². The quantitative estimate of drug-likeness (QED) is 0.664. The minimum atomic E-state index is -0.380. The Morgan fingerprint density at radius 3 is 2.94 bits per heavy atom. The van der Waals surface area contributed by atoms with Crippen molar-refractivity contribution in [2.24, 2.45) is 5.84 Å². The van der Waals surface area contributed by atoms with Crippen molar-refractivity contribution in [3.05, 3.63) is 51.2 Å². The van der Waals surface area contributed by atoms with Crippen LogP contribution in [0.25, 0.3) is 0 Å². The predicted octanol–water partition coefficient (Wildman–Crippen LogP) is 2.68. The lowest BCUT2D eigenvalue weighted by molar-refractivity contribution is 0.510. The second kappa shape index (κ2) is 5.55. The van der Waals surface area contributed by atoms with Gasteiger partial charge in [0, 0.05) is 28.6 Å². The van der Waals surface area contributed by atoms with Crippen LogP contribution >= 0.6 is 22.9 Å². The van der Waals surface area contributed by atoms with Gasteiger partial charge in [0.1, 0.15) is 5.82 Å². The van der Waals surface area contributed by atoms with Crippen molar-refractivity contribution in [2.75, 3.05) is 0 Å². The number of rotatable bonds is 4. The Balaban J connectivity index is 2.29. The van der Waals surface area contributed by atoms with Gasteiger partial charge in [0.2, 0.25) is 0 Å². The van der Waals surface area contributed by atoms with E-state index in [0.29, 0.717) is 17.0 Å². The average molecular weight is 272 g/mol. The minimum Gasteiger partial charge on any atom is -0.271 e. The van der Waals surface area contributed by atoms with Gasteiger partial charge in [-0.25, -0.2) is 9.37 Å². The summed E-state index contributed by atoms with van der Waals surface area (Å²) in [5, 5.41) is 3.11. The fourth-order valence-corrected chi connectivity index (χ4v) is 2.57. The number of hydrazine groups is 1. The summed E-state index contributed by atoms with van der Waals surface area (Å²) in [6.45, 7) is 0. The summed E-state index contributed by atoms with van der Waals surface area (Å²) in [5.41, 5.74) is 2.96. The Hall–Kier alpha value is -1.01. The molecule has 0 aliphatic heterocycles. The lowest BCUT2D eigenvalue weighted by atomic mass is 10.0. The molecular weight excluding hydrogens is 261 g/mol. The first-order chi connectivity index (χ1) is 8.22. The molecule has 0 fully saturated rings. The molecule has 3 N–H and O–H groups in total. The SMILES string of the molecule is NNC(Cc1nccs1)c1c(F)cccc1Cl. The van der Waals surface area contributed by atoms with Crippen LogP contribution < -0.4 is 11.3 Å². The molecule has 0 spiro atoms. The Kier molecular flexibility index (Phi) is 4.06. The van der Waals surface area contributed by atoms with E-state index < -0.39 is 0 Å². The van der Waals surface area contributed by atoms with E-state index in [1.54, 1.807) is 18.3 Å². The van der Waals surface area contributed by atoms with E-state index in [-0.39, 0.29) is 11.9 Å². The highest BCUT2D eigenvalue weighted by Gasteiger charge is 2.19. The van der Waals surface area contributed by atoms with Gasteiger partial charge >= 0.3 is 0 Å². The molecule has 17 heavy (non-hydrogen) atoms. The molecule has 0 bridgehead atoms. The largest absolute Gasteiger partial charge is 0.271 e. The highest BCUT2D eigenvalue weighted by atomic mass is 35.5. The van der Waals surface area contributed by atoms with Crippen LogP contribution in [0.1, 0.15) is 16.6 Å². The molecule has 0 amide bonds. The van der Waals surface area contributed by atoms with Crippen LogP contribution in [0.5, 0.6) is 0 Å². The zero-order chi connectivity index (χ0) is 12.3. The monoisotopic (exact) mass is 271 g/mol. The van der Waals surface area contributed by atoms with Crippen molar-refractivity contribution in [3.8, 4) is 0 Å². The van der Waals surface area contributed by atoms with Crippen molar-refractivity contribution < 1.29 is 4.39 Å². The molecule has 1 atom stereocenters. The van der Waals surface area contributed by atoms with Crippen LogP contribution in [-0.2, 0) is 6.42 Å². The lowest BCUT2D eigenvalue weighted by Gasteiger charge is -2.17. The maximum Gasteiger partial charge on any atom is 0.129 e. The Bertz CT molecular complexity index is 469. The molecule has 90 valence electrons. The second-order valence-corrected chi connectivity index (χ2v) is 4.87. The van der Waals surface area contributed by atoms with Gasteiger partial charge < -0.3 is 0 Å². The third kappa shape index (κ3) is 2.81. The topological polar surface area (TPSA) is 50.9 Å². The predicted molar refractivity (Wildman–Crippen MR) is 67.3 cm³/mol. The smallest absolute Gasteiger partial charge is 0.129 e. The van der Waals surface area contributed by atoms with Crippen molar-refractivity contribution in [3.63, 3.8) is 0 Å². The van der Waals surface area contributed by atoms with E-state index in [9.17, 15) is 4.39 Å². The first-order valence-corrected chi connectivity index (χ1v) is 6.26. The maximum absolute atomic E-state index is 13.7. The van der Waals surface area contributed by atoms with E-state index in [1.165, 1.54) is 17.4 Å². The van der Waals surface area contributed by atoms with E-state index in [4.69, 9.17) is 17.4 Å². The van der Waals surface area contributed by atoms with Crippen molar-refractivity contribution in [1.82, 2.24) is 10.4 Å². The second-order valence-electron chi connectivity index (χ2n) is 3.48. The summed E-state index contributed by atoms with van der Waals surface area (Å²) in [4.78, 5) is 4.15. The molecule has 0 aliphatic carbocycles. The molecule has 0 saturated heterocycles. The Morgan fingerprint density at radius 2 is 2.35 bits per heavy atom. The van der Waals surface area contributed by atoms with Crippen molar-refractivity contribution in [2.45, 2.75) is 12.5 Å². The molecule has 2 rings (SSSR count). The number of aromatic nitrogens is 1.